The fourth-order valence-electron chi connectivity index (χ4n) is 6.77. The Kier molecular flexibility index (Phi) is 8.29. The number of hydrogen-bond acceptors (Lipinski definition) is 9. The molecule has 0 radical (unpaired) electrons. The van der Waals surface area contributed by atoms with Crippen molar-refractivity contribution in [3.63, 3.8) is 0 Å². The predicted octanol–water partition coefficient (Wildman–Crippen LogP) is 0.723. The van der Waals surface area contributed by atoms with E-state index in [-0.39, 0.29) is 0 Å². The zero-order valence-electron chi connectivity index (χ0n) is 26.1. The number of benzene rings is 2. The Labute approximate surface area is 279 Å². The van der Waals surface area contributed by atoms with Gasteiger partial charge in [-0.05, 0) is 38.8 Å². The number of nitrogens with zero attached hydrogens (tertiary/aromatic N) is 2. The van der Waals surface area contributed by atoms with Crippen LogP contribution >= 0.6 is 23.5 Å². The van der Waals surface area contributed by atoms with Gasteiger partial charge in [-0.25, -0.2) is 4.79 Å². The minimum absolute atomic E-state index is 0.434. The van der Waals surface area contributed by atoms with Gasteiger partial charge in [-0.15, -0.1) is 23.5 Å². The van der Waals surface area contributed by atoms with E-state index in [1.54, 1.807) is 68.4 Å². The number of nitrogens with two attached hydrogens (primary N) is 1. The highest BCUT2D eigenvalue weighted by molar-refractivity contribution is 8.02. The lowest BCUT2D eigenvalue weighted by Crippen LogP contribution is -2.72. The Morgan fingerprint density at radius 3 is 1.70 bits per heavy atom. The Morgan fingerprint density at radius 2 is 1.19 bits per heavy atom. The summed E-state index contributed by atoms with van der Waals surface area (Å²) in [5.74, 6) is -3.78. The molecule has 0 spiro atoms. The Morgan fingerprint density at radius 1 is 0.745 bits per heavy atom. The van der Waals surface area contributed by atoms with E-state index in [9.17, 15) is 33.9 Å². The van der Waals surface area contributed by atoms with E-state index in [1.807, 2.05) is 19.9 Å². The van der Waals surface area contributed by atoms with Gasteiger partial charge in [0.05, 0.1) is 0 Å². The standard InChI is InChI=1S/C32H36N6O7S2/c1-31(2)21(37-26(42)19(28(37)46-31)35-23(39)17(33)15-11-7-5-8-12-15)25(41)34-18(16-13-9-6-10-14-16)24(40)36-20-27(43)38-22(30(44)45)32(3,4)47-29(20)38/h5-14,17-22,28-29H,33H2,1-4H3,(H,34,41)(H,35,39)(H,36,40)(H,44,45)/t17-,18-,19?,20-,21+,22+,28+,29-/m1/s1. The van der Waals surface area contributed by atoms with Crippen LogP contribution in [-0.4, -0.2) is 94.8 Å². The van der Waals surface area contributed by atoms with Crippen LogP contribution in [0.2, 0.25) is 0 Å². The highest BCUT2D eigenvalue weighted by Crippen LogP contribution is 2.52. The maximum atomic E-state index is 14.0. The van der Waals surface area contributed by atoms with Crippen LogP contribution in [0.5, 0.6) is 0 Å². The summed E-state index contributed by atoms with van der Waals surface area (Å²) in [6.45, 7) is 7.12. The highest BCUT2D eigenvalue weighted by Gasteiger charge is 2.65. The fraction of sp³-hybridized carbons (Fsp3) is 0.438. The maximum absolute atomic E-state index is 14.0. The summed E-state index contributed by atoms with van der Waals surface area (Å²) in [5, 5.41) is 16.9. The average molecular weight is 681 g/mol. The second kappa shape index (κ2) is 11.9. The summed E-state index contributed by atoms with van der Waals surface area (Å²) in [5.41, 5.74) is 7.20. The Hall–Kier alpha value is -4.08. The molecule has 6 rings (SSSR count). The van der Waals surface area contributed by atoms with Crippen LogP contribution in [0.4, 0.5) is 0 Å². The van der Waals surface area contributed by atoms with Gasteiger partial charge in [0, 0.05) is 9.49 Å². The first kappa shape index (κ1) is 32.8. The molecule has 2 aromatic rings. The van der Waals surface area contributed by atoms with Gasteiger partial charge in [-0.1, -0.05) is 60.7 Å². The number of carboxylic acids is 1. The number of carbonyl (C=O) groups is 6. The monoisotopic (exact) mass is 680 g/mol. The molecule has 4 fully saturated rings. The smallest absolute Gasteiger partial charge is 0.327 e. The van der Waals surface area contributed by atoms with Crippen molar-refractivity contribution in [3.05, 3.63) is 71.8 Å². The molecule has 6 N–H and O–H groups in total. The van der Waals surface area contributed by atoms with E-state index in [1.165, 1.54) is 33.3 Å². The molecule has 0 aliphatic carbocycles. The quantitative estimate of drug-likeness (QED) is 0.236. The van der Waals surface area contributed by atoms with Gasteiger partial charge in [-0.3, -0.25) is 24.0 Å². The molecule has 47 heavy (non-hydrogen) atoms. The van der Waals surface area contributed by atoms with E-state index in [0.29, 0.717) is 11.1 Å². The molecule has 0 aromatic heterocycles. The van der Waals surface area contributed by atoms with Gasteiger partial charge in [0.25, 0.3) is 0 Å². The average Bonchev–Trinajstić information content (AvgIpc) is 3.45. The van der Waals surface area contributed by atoms with Crippen molar-refractivity contribution in [2.24, 2.45) is 5.73 Å². The molecule has 4 aliphatic rings. The van der Waals surface area contributed by atoms with Crippen LogP contribution in [0.1, 0.15) is 50.9 Å². The normalized spacial score (nSPS) is 29.4. The van der Waals surface area contributed by atoms with Gasteiger partial charge in [-0.2, -0.15) is 0 Å². The molecule has 0 saturated carbocycles. The van der Waals surface area contributed by atoms with Gasteiger partial charge >= 0.3 is 5.97 Å². The zero-order chi connectivity index (χ0) is 34.0. The van der Waals surface area contributed by atoms with E-state index in [0.717, 1.165) is 0 Å². The molecule has 13 nitrogen and oxygen atoms in total. The molecule has 248 valence electrons. The van der Waals surface area contributed by atoms with E-state index >= 15 is 0 Å². The van der Waals surface area contributed by atoms with Gasteiger partial charge in [0.2, 0.25) is 29.5 Å². The van der Waals surface area contributed by atoms with E-state index < -0.39 is 92.0 Å². The van der Waals surface area contributed by atoms with Gasteiger partial charge < -0.3 is 36.6 Å². The number of rotatable bonds is 9. The van der Waals surface area contributed by atoms with Crippen molar-refractivity contribution in [2.75, 3.05) is 0 Å². The topological polar surface area (TPSA) is 191 Å². The van der Waals surface area contributed by atoms with Crippen molar-refractivity contribution < 1.29 is 33.9 Å². The molecule has 0 bridgehead atoms. The van der Waals surface area contributed by atoms with E-state index in [2.05, 4.69) is 16.0 Å². The van der Waals surface area contributed by atoms with Gasteiger partial charge in [0.1, 0.15) is 47.0 Å². The van der Waals surface area contributed by atoms with Crippen molar-refractivity contribution in [2.45, 2.75) is 84.2 Å². The van der Waals surface area contributed by atoms with Crippen LogP contribution in [0.15, 0.2) is 60.7 Å². The molecular formula is C32H36N6O7S2. The molecular weight excluding hydrogens is 645 g/mol. The lowest BCUT2D eigenvalue weighted by atomic mass is 9.93. The molecule has 15 heteroatoms. The number of thioether (sulfide) groups is 2. The minimum atomic E-state index is -1.21. The van der Waals surface area contributed by atoms with Crippen LogP contribution in [0.25, 0.3) is 0 Å². The van der Waals surface area contributed by atoms with Crippen LogP contribution in [-0.2, 0) is 28.8 Å². The second-order valence-corrected chi connectivity index (χ2v) is 16.6. The summed E-state index contributed by atoms with van der Waals surface area (Å²) >= 11 is 2.67. The third-order valence-electron chi connectivity index (χ3n) is 9.08. The van der Waals surface area contributed by atoms with Crippen LogP contribution in [0.3, 0.4) is 0 Å². The van der Waals surface area contributed by atoms with Crippen molar-refractivity contribution in [3.8, 4) is 0 Å². The molecule has 5 amide bonds. The molecule has 8 atom stereocenters. The number of fused-ring (bicyclic) bond motifs is 2. The van der Waals surface area contributed by atoms with Crippen molar-refractivity contribution in [1.82, 2.24) is 25.8 Å². The summed E-state index contributed by atoms with van der Waals surface area (Å²) in [6, 6.07) is 11.3. The number of β-lactam (4-membered cyclic amide) rings is 2. The SMILES string of the molecule is CC1(C)S[C@@H]2[C@H](NC(=O)[C@H](NC(=O)[C@@H]3N4C(=O)C(NC(=O)[C@H](N)c5ccccc5)[C@@H]4SC3(C)C)c3ccccc3)C(=O)N2[C@H]1C(=O)O. The largest absolute Gasteiger partial charge is 0.480 e. The van der Waals surface area contributed by atoms with Crippen molar-refractivity contribution >= 4 is 59.0 Å². The summed E-state index contributed by atoms with van der Waals surface area (Å²) in [4.78, 5) is 81.8. The second-order valence-electron chi connectivity index (χ2n) is 13.1. The summed E-state index contributed by atoms with van der Waals surface area (Å²) < 4.78 is -1.56. The van der Waals surface area contributed by atoms with Crippen LogP contribution < -0.4 is 21.7 Å². The Balaban J connectivity index is 1.16. The first-order chi connectivity index (χ1) is 22.1. The Bertz CT molecular complexity index is 1640. The molecule has 2 aromatic carbocycles. The first-order valence-electron chi connectivity index (χ1n) is 15.1. The fourth-order valence-corrected chi connectivity index (χ4v) is 10.0. The number of carboxylic acid groups (broad SMARTS) is 1. The number of hydrogen-bond donors (Lipinski definition) is 5. The number of carbonyl (C=O) groups excluding carboxylic acids is 5. The van der Waals surface area contributed by atoms with E-state index in [4.69, 9.17) is 5.73 Å². The predicted molar refractivity (Wildman–Crippen MR) is 174 cm³/mol. The summed E-state index contributed by atoms with van der Waals surface area (Å²) in [7, 11) is 0. The maximum Gasteiger partial charge on any atom is 0.327 e. The molecule has 4 heterocycles. The third-order valence-corrected chi connectivity index (χ3v) is 12.2. The van der Waals surface area contributed by atoms with Crippen LogP contribution in [0, 0.1) is 0 Å². The molecule has 4 saturated heterocycles. The van der Waals surface area contributed by atoms with Crippen molar-refractivity contribution in [1.29, 1.82) is 0 Å². The lowest BCUT2D eigenvalue weighted by Gasteiger charge is -2.45. The minimum Gasteiger partial charge on any atom is -0.480 e. The molecule has 4 aliphatic heterocycles. The number of aliphatic carboxylic acids is 1. The number of amides is 5. The zero-order valence-corrected chi connectivity index (χ0v) is 27.7. The van der Waals surface area contributed by atoms with Gasteiger partial charge in [0.15, 0.2) is 0 Å². The number of nitrogens with one attached hydrogen (secondary N) is 3. The third kappa shape index (κ3) is 5.53. The first-order valence-corrected chi connectivity index (χ1v) is 16.9. The lowest BCUT2D eigenvalue weighted by molar-refractivity contribution is -0.161. The highest BCUT2D eigenvalue weighted by atomic mass is 32.2. The molecule has 1 unspecified atom stereocenters. The summed E-state index contributed by atoms with van der Waals surface area (Å²) in [6.07, 6.45) is 0.